The first-order valence-corrected chi connectivity index (χ1v) is 7.67. The van der Waals surface area contributed by atoms with Crippen molar-refractivity contribution in [1.82, 2.24) is 15.1 Å². The van der Waals surface area contributed by atoms with Gasteiger partial charge in [0.15, 0.2) is 0 Å². The largest absolute Gasteiger partial charge is 0.391 e. The summed E-state index contributed by atoms with van der Waals surface area (Å²) >= 11 is 0. The van der Waals surface area contributed by atoms with Gasteiger partial charge < -0.3 is 10.2 Å². The Morgan fingerprint density at radius 2 is 1.90 bits per heavy atom. The number of piperazine rings is 1. The molecule has 3 nitrogen and oxygen atoms in total. The summed E-state index contributed by atoms with van der Waals surface area (Å²) in [7, 11) is 1.98. The van der Waals surface area contributed by atoms with Crippen LogP contribution in [0.1, 0.15) is 25.7 Å². The van der Waals surface area contributed by atoms with Crippen molar-refractivity contribution in [2.45, 2.75) is 37.9 Å². The van der Waals surface area contributed by atoms with Gasteiger partial charge in [-0.05, 0) is 26.3 Å². The van der Waals surface area contributed by atoms with Crippen molar-refractivity contribution in [3.05, 3.63) is 0 Å². The molecule has 0 aromatic rings. The Kier molecular flexibility index (Phi) is 5.69. The summed E-state index contributed by atoms with van der Waals surface area (Å²) in [5.74, 6) is -1.09. The average molecular weight is 293 g/mol. The summed E-state index contributed by atoms with van der Waals surface area (Å²) in [6.45, 7) is 5.96. The Balaban J connectivity index is 1.75. The third kappa shape index (κ3) is 4.60. The van der Waals surface area contributed by atoms with Gasteiger partial charge in [0, 0.05) is 45.3 Å². The number of hydrogen-bond donors (Lipinski definition) is 1. The van der Waals surface area contributed by atoms with Crippen molar-refractivity contribution in [3.63, 3.8) is 0 Å². The van der Waals surface area contributed by atoms with Gasteiger partial charge in [0.25, 0.3) is 0 Å². The highest BCUT2D eigenvalue weighted by atomic mass is 19.4. The fourth-order valence-electron chi connectivity index (χ4n) is 3.28. The molecule has 1 saturated carbocycles. The number of likely N-dealkylation sites (N-methyl/N-ethyl adjacent to an activating group) is 1. The molecule has 2 unspecified atom stereocenters. The lowest BCUT2D eigenvalue weighted by atomic mass is 9.84. The van der Waals surface area contributed by atoms with Gasteiger partial charge in [-0.3, -0.25) is 4.90 Å². The fourth-order valence-corrected chi connectivity index (χ4v) is 3.28. The van der Waals surface area contributed by atoms with E-state index < -0.39 is 12.1 Å². The standard InChI is InChI=1S/C14H26F3N3/c1-19(9-10-20-7-5-18-6-8-20)13-4-2-3-12(11-13)14(15,16)17/h12-13,18H,2-11H2,1H3. The molecule has 1 heterocycles. The predicted molar refractivity (Wildman–Crippen MR) is 73.7 cm³/mol. The number of alkyl halides is 3. The lowest BCUT2D eigenvalue weighted by Gasteiger charge is -2.37. The molecule has 0 amide bonds. The molecule has 0 bridgehead atoms. The SMILES string of the molecule is CN(CCN1CCNCC1)C1CCCC(C(F)(F)F)C1. The van der Waals surface area contributed by atoms with E-state index in [0.29, 0.717) is 12.8 Å². The van der Waals surface area contributed by atoms with Crippen LogP contribution >= 0.6 is 0 Å². The van der Waals surface area contributed by atoms with Crippen LogP contribution in [0, 0.1) is 5.92 Å². The highest BCUT2D eigenvalue weighted by Crippen LogP contribution is 2.38. The first-order valence-electron chi connectivity index (χ1n) is 7.67. The molecule has 0 aromatic carbocycles. The Labute approximate surface area is 119 Å². The molecule has 0 radical (unpaired) electrons. The second-order valence-electron chi connectivity index (χ2n) is 6.13. The molecular weight excluding hydrogens is 267 g/mol. The summed E-state index contributed by atoms with van der Waals surface area (Å²) in [5, 5.41) is 3.31. The maximum Gasteiger partial charge on any atom is 0.391 e. The molecule has 20 heavy (non-hydrogen) atoms. The minimum Gasteiger partial charge on any atom is -0.314 e. The summed E-state index contributed by atoms with van der Waals surface area (Å²) in [4.78, 5) is 4.52. The minimum absolute atomic E-state index is 0.0956. The van der Waals surface area contributed by atoms with Crippen molar-refractivity contribution >= 4 is 0 Å². The second-order valence-corrected chi connectivity index (χ2v) is 6.13. The van der Waals surface area contributed by atoms with E-state index in [2.05, 4.69) is 15.1 Å². The second kappa shape index (κ2) is 7.09. The molecule has 1 aliphatic carbocycles. The highest BCUT2D eigenvalue weighted by molar-refractivity contribution is 4.83. The van der Waals surface area contributed by atoms with E-state index in [1.807, 2.05) is 7.05 Å². The van der Waals surface area contributed by atoms with E-state index in [0.717, 1.165) is 45.7 Å². The molecule has 118 valence electrons. The summed E-state index contributed by atoms with van der Waals surface area (Å²) in [6.07, 6.45) is -1.82. The number of rotatable bonds is 4. The monoisotopic (exact) mass is 293 g/mol. The molecule has 1 aliphatic heterocycles. The number of nitrogens with zero attached hydrogens (tertiary/aromatic N) is 2. The van der Waals surface area contributed by atoms with Gasteiger partial charge in [-0.25, -0.2) is 0 Å². The molecule has 1 N–H and O–H groups in total. The van der Waals surface area contributed by atoms with Crippen molar-refractivity contribution in [1.29, 1.82) is 0 Å². The van der Waals surface area contributed by atoms with Crippen LogP contribution < -0.4 is 5.32 Å². The Bertz CT molecular complexity index is 290. The molecule has 2 aliphatic rings. The normalized spacial score (nSPS) is 29.9. The Morgan fingerprint density at radius 3 is 2.55 bits per heavy atom. The van der Waals surface area contributed by atoms with Gasteiger partial charge in [-0.15, -0.1) is 0 Å². The summed E-state index contributed by atoms with van der Waals surface area (Å²) < 4.78 is 38.5. The number of halogens is 3. The third-order valence-electron chi connectivity index (χ3n) is 4.71. The molecule has 0 spiro atoms. The molecular formula is C14H26F3N3. The minimum atomic E-state index is -4.02. The third-order valence-corrected chi connectivity index (χ3v) is 4.71. The van der Waals surface area contributed by atoms with E-state index in [1.54, 1.807) is 0 Å². The van der Waals surface area contributed by atoms with Gasteiger partial charge in [0.1, 0.15) is 0 Å². The average Bonchev–Trinajstić information content (AvgIpc) is 2.45. The van der Waals surface area contributed by atoms with Crippen LogP contribution in [0.4, 0.5) is 13.2 Å². The van der Waals surface area contributed by atoms with Crippen molar-refractivity contribution in [2.75, 3.05) is 46.3 Å². The fraction of sp³-hybridized carbons (Fsp3) is 1.00. The number of hydrogen-bond acceptors (Lipinski definition) is 3. The van der Waals surface area contributed by atoms with Gasteiger partial charge in [-0.2, -0.15) is 13.2 Å². The molecule has 1 saturated heterocycles. The van der Waals surface area contributed by atoms with Crippen molar-refractivity contribution < 1.29 is 13.2 Å². The highest BCUT2D eigenvalue weighted by Gasteiger charge is 2.42. The van der Waals surface area contributed by atoms with E-state index in [1.165, 1.54) is 0 Å². The molecule has 0 aromatic heterocycles. The van der Waals surface area contributed by atoms with Crippen LogP contribution in [0.25, 0.3) is 0 Å². The Morgan fingerprint density at radius 1 is 1.20 bits per heavy atom. The first kappa shape index (κ1) is 16.0. The number of nitrogens with one attached hydrogen (secondary N) is 1. The lowest BCUT2D eigenvalue weighted by Crippen LogP contribution is -2.48. The van der Waals surface area contributed by atoms with E-state index in [9.17, 15) is 13.2 Å². The van der Waals surface area contributed by atoms with E-state index in [4.69, 9.17) is 0 Å². The molecule has 2 fully saturated rings. The van der Waals surface area contributed by atoms with Gasteiger partial charge in [-0.1, -0.05) is 6.42 Å². The summed E-state index contributed by atoms with van der Waals surface area (Å²) in [6, 6.07) is 0.0956. The first-order chi connectivity index (χ1) is 9.47. The topological polar surface area (TPSA) is 18.5 Å². The van der Waals surface area contributed by atoms with Crippen molar-refractivity contribution in [3.8, 4) is 0 Å². The van der Waals surface area contributed by atoms with Crippen LogP contribution in [0.3, 0.4) is 0 Å². The van der Waals surface area contributed by atoms with Gasteiger partial charge >= 0.3 is 6.18 Å². The van der Waals surface area contributed by atoms with E-state index in [-0.39, 0.29) is 12.5 Å². The lowest BCUT2D eigenvalue weighted by molar-refractivity contribution is -0.186. The smallest absolute Gasteiger partial charge is 0.314 e. The maximum atomic E-state index is 12.8. The molecule has 6 heteroatoms. The van der Waals surface area contributed by atoms with E-state index >= 15 is 0 Å². The van der Waals surface area contributed by atoms with Crippen LogP contribution in [-0.4, -0.2) is 68.3 Å². The van der Waals surface area contributed by atoms with Gasteiger partial charge in [0.2, 0.25) is 0 Å². The van der Waals surface area contributed by atoms with Crippen LogP contribution in [0.5, 0.6) is 0 Å². The zero-order valence-electron chi connectivity index (χ0n) is 12.3. The predicted octanol–water partition coefficient (Wildman–Crippen LogP) is 1.94. The quantitative estimate of drug-likeness (QED) is 0.854. The van der Waals surface area contributed by atoms with Crippen LogP contribution in [0.2, 0.25) is 0 Å². The van der Waals surface area contributed by atoms with Crippen molar-refractivity contribution in [2.24, 2.45) is 5.92 Å². The maximum absolute atomic E-state index is 12.8. The molecule has 2 rings (SSSR count). The Hall–Kier alpha value is -0.330. The van der Waals surface area contributed by atoms with Gasteiger partial charge in [0.05, 0.1) is 5.92 Å². The zero-order valence-corrected chi connectivity index (χ0v) is 12.3. The van der Waals surface area contributed by atoms with Crippen LogP contribution in [-0.2, 0) is 0 Å². The van der Waals surface area contributed by atoms with Crippen LogP contribution in [0.15, 0.2) is 0 Å². The zero-order chi connectivity index (χ0) is 14.6. The molecule has 2 atom stereocenters. The summed E-state index contributed by atoms with van der Waals surface area (Å²) in [5.41, 5.74) is 0.